The Kier molecular flexibility index (Phi) is 5.70. The first-order valence-electron chi connectivity index (χ1n) is 10.9. The number of oxime groups is 1. The van der Waals surface area contributed by atoms with Gasteiger partial charge in [0.15, 0.2) is 12.5 Å². The van der Waals surface area contributed by atoms with Crippen molar-refractivity contribution < 1.29 is 19.5 Å². The molecule has 1 saturated heterocycles. The van der Waals surface area contributed by atoms with Crippen LogP contribution >= 0.6 is 0 Å². The second-order valence-corrected chi connectivity index (χ2v) is 8.04. The van der Waals surface area contributed by atoms with E-state index < -0.39 is 0 Å². The van der Waals surface area contributed by atoms with Gasteiger partial charge in [0, 0.05) is 22.5 Å². The summed E-state index contributed by atoms with van der Waals surface area (Å²) in [5.74, 6) is 0.417. The Labute approximate surface area is 190 Å². The molecule has 9 nitrogen and oxygen atoms in total. The zero-order chi connectivity index (χ0) is 22.8. The summed E-state index contributed by atoms with van der Waals surface area (Å²) in [7, 11) is 1.59. The maximum absolute atomic E-state index is 12.3. The minimum Gasteiger partial charge on any atom is -0.497 e. The number of H-pyrrole nitrogens is 1. The highest BCUT2D eigenvalue weighted by atomic mass is 16.6. The van der Waals surface area contributed by atoms with E-state index >= 15 is 0 Å². The van der Waals surface area contributed by atoms with Crippen LogP contribution in [0.15, 0.2) is 52.6 Å². The molecule has 2 aliphatic heterocycles. The minimum absolute atomic E-state index is 0.0267. The molecule has 0 aliphatic carbocycles. The van der Waals surface area contributed by atoms with Crippen molar-refractivity contribution in [2.24, 2.45) is 10.1 Å². The molecule has 0 unspecified atom stereocenters. The molecule has 170 valence electrons. The maximum Gasteiger partial charge on any atom is 0.260 e. The number of nitrogens with zero attached hydrogens (tertiary/aromatic N) is 2. The normalized spacial score (nSPS) is 17.1. The second-order valence-electron chi connectivity index (χ2n) is 8.04. The van der Waals surface area contributed by atoms with Gasteiger partial charge in [-0.05, 0) is 50.2 Å². The van der Waals surface area contributed by atoms with E-state index in [1.54, 1.807) is 7.11 Å². The number of para-hydroxylation sites is 1. The molecule has 4 N–H and O–H groups in total. The number of ether oxygens (including phenoxy) is 1. The van der Waals surface area contributed by atoms with Crippen LogP contribution < -0.4 is 15.4 Å². The largest absolute Gasteiger partial charge is 0.497 e. The third-order valence-corrected chi connectivity index (χ3v) is 5.89. The van der Waals surface area contributed by atoms with E-state index in [9.17, 15) is 9.90 Å². The summed E-state index contributed by atoms with van der Waals surface area (Å²) in [5, 5.41) is 22.0. The van der Waals surface area contributed by atoms with Crippen molar-refractivity contribution in [3.63, 3.8) is 0 Å². The monoisotopic (exact) mass is 447 g/mol. The van der Waals surface area contributed by atoms with E-state index in [2.05, 4.69) is 20.8 Å². The molecule has 1 amide bonds. The summed E-state index contributed by atoms with van der Waals surface area (Å²) >= 11 is 0. The van der Waals surface area contributed by atoms with Crippen LogP contribution in [0.25, 0.3) is 10.9 Å². The molecule has 3 heterocycles. The topological polar surface area (TPSA) is 120 Å². The highest BCUT2D eigenvalue weighted by Crippen LogP contribution is 2.36. The van der Waals surface area contributed by atoms with Crippen LogP contribution in [0, 0.1) is 0 Å². The molecule has 2 aromatic carbocycles. The smallest absolute Gasteiger partial charge is 0.260 e. The van der Waals surface area contributed by atoms with Crippen LogP contribution in [0.1, 0.15) is 24.0 Å². The van der Waals surface area contributed by atoms with E-state index in [1.165, 1.54) is 0 Å². The molecule has 0 atom stereocenters. The van der Waals surface area contributed by atoms with Crippen molar-refractivity contribution in [2.45, 2.75) is 18.9 Å². The van der Waals surface area contributed by atoms with Crippen LogP contribution in [0.3, 0.4) is 0 Å². The lowest BCUT2D eigenvalue weighted by atomic mass is 10.0. The number of rotatable bonds is 6. The number of methoxy groups -OCH3 is 1. The zero-order valence-electron chi connectivity index (χ0n) is 18.2. The van der Waals surface area contributed by atoms with Crippen molar-refractivity contribution in [3.8, 4) is 11.6 Å². The maximum atomic E-state index is 12.3. The van der Waals surface area contributed by atoms with Gasteiger partial charge in [-0.15, -0.1) is 0 Å². The molecular formula is C24H25N5O4. The molecule has 1 aromatic heterocycles. The first kappa shape index (κ1) is 21.0. The van der Waals surface area contributed by atoms with Crippen LogP contribution in [-0.4, -0.2) is 60.3 Å². The summed E-state index contributed by atoms with van der Waals surface area (Å²) in [6.07, 6.45) is 1.79. The van der Waals surface area contributed by atoms with E-state index in [1.807, 2.05) is 42.5 Å². The Balaban J connectivity index is 1.43. The fourth-order valence-electron chi connectivity index (χ4n) is 4.25. The van der Waals surface area contributed by atoms with Crippen molar-refractivity contribution in [1.82, 2.24) is 15.6 Å². The number of fused-ring (bicyclic) bond motifs is 2. The molecule has 0 bridgehead atoms. The summed E-state index contributed by atoms with van der Waals surface area (Å²) in [5.41, 5.74) is 3.64. The van der Waals surface area contributed by atoms with Crippen LogP contribution in [0.2, 0.25) is 0 Å². The van der Waals surface area contributed by atoms with Crippen molar-refractivity contribution in [1.29, 1.82) is 0 Å². The number of aromatic nitrogens is 1. The molecule has 9 heteroatoms. The lowest BCUT2D eigenvalue weighted by Gasteiger charge is -2.23. The Morgan fingerprint density at radius 3 is 2.88 bits per heavy atom. The fourth-order valence-corrected chi connectivity index (χ4v) is 4.25. The molecule has 1 fully saturated rings. The highest BCUT2D eigenvalue weighted by Gasteiger charge is 2.29. The number of aromatic hydroxyl groups is 1. The predicted octanol–water partition coefficient (Wildman–Crippen LogP) is 2.61. The fraction of sp³-hybridized carbons (Fsp3) is 0.292. The van der Waals surface area contributed by atoms with E-state index in [-0.39, 0.29) is 24.4 Å². The van der Waals surface area contributed by atoms with Gasteiger partial charge < -0.3 is 30.3 Å². The van der Waals surface area contributed by atoms with Crippen molar-refractivity contribution in [3.05, 3.63) is 53.6 Å². The Morgan fingerprint density at radius 2 is 2.06 bits per heavy atom. The van der Waals surface area contributed by atoms with Crippen molar-refractivity contribution >= 4 is 33.9 Å². The van der Waals surface area contributed by atoms with Crippen LogP contribution in [-0.2, 0) is 9.63 Å². The van der Waals surface area contributed by atoms with Gasteiger partial charge in [0.05, 0.1) is 18.4 Å². The van der Waals surface area contributed by atoms with Crippen molar-refractivity contribution in [2.75, 3.05) is 26.8 Å². The van der Waals surface area contributed by atoms with Gasteiger partial charge in [0.25, 0.3) is 5.91 Å². The first-order valence-corrected chi connectivity index (χ1v) is 10.9. The number of benzene rings is 2. The van der Waals surface area contributed by atoms with Gasteiger partial charge in [-0.25, -0.2) is 4.99 Å². The van der Waals surface area contributed by atoms with Gasteiger partial charge in [-0.3, -0.25) is 4.79 Å². The average molecular weight is 447 g/mol. The number of nitrogens with one attached hydrogen (secondary N) is 3. The number of carbonyl (C=O) groups excluding carboxylic acids is 1. The molecule has 0 spiro atoms. The number of piperidine rings is 1. The summed E-state index contributed by atoms with van der Waals surface area (Å²) < 4.78 is 5.35. The molecule has 0 radical (unpaired) electrons. The third kappa shape index (κ3) is 4.14. The van der Waals surface area contributed by atoms with Gasteiger partial charge in [-0.1, -0.05) is 23.4 Å². The van der Waals surface area contributed by atoms with Crippen LogP contribution in [0.4, 0.5) is 5.69 Å². The number of aliphatic imine (C=N–C) groups is 1. The summed E-state index contributed by atoms with van der Waals surface area (Å²) in [4.78, 5) is 25.5. The highest BCUT2D eigenvalue weighted by molar-refractivity contribution is 6.58. The summed E-state index contributed by atoms with van der Waals surface area (Å²) in [6.45, 7) is 1.59. The predicted molar refractivity (Wildman–Crippen MR) is 126 cm³/mol. The quantitative estimate of drug-likeness (QED) is 0.433. The van der Waals surface area contributed by atoms with E-state index in [0.29, 0.717) is 28.4 Å². The van der Waals surface area contributed by atoms with Gasteiger partial charge in [-0.2, -0.15) is 0 Å². The molecular weight excluding hydrogens is 422 g/mol. The Hall–Kier alpha value is -3.85. The second kappa shape index (κ2) is 8.95. The van der Waals surface area contributed by atoms with Gasteiger partial charge in [0.2, 0.25) is 0 Å². The van der Waals surface area contributed by atoms with Gasteiger partial charge >= 0.3 is 0 Å². The number of amides is 1. The Bertz CT molecular complexity index is 1260. The number of hydrogen-bond acceptors (Lipinski definition) is 7. The number of aromatic amines is 1. The molecule has 0 saturated carbocycles. The van der Waals surface area contributed by atoms with E-state index in [4.69, 9.17) is 14.6 Å². The molecule has 33 heavy (non-hydrogen) atoms. The Morgan fingerprint density at radius 1 is 1.24 bits per heavy atom. The average Bonchev–Trinajstić information content (AvgIpc) is 3.35. The minimum atomic E-state index is -0.212. The van der Waals surface area contributed by atoms with Crippen LogP contribution in [0.5, 0.6) is 11.6 Å². The standard InChI is InChI=1S/C24H25N5O4/c1-32-15-6-7-19-17(12-15)21(24(31)28-19)23-22(16-4-2-3-5-18(16)27-23)29-33-13-20(30)26-14-8-10-25-11-9-14/h2-7,12,14,25,28,31H,8-11,13H2,1H3,(H,26,30)/b29-22+. The first-order chi connectivity index (χ1) is 16.1. The molecule has 3 aromatic rings. The van der Waals surface area contributed by atoms with Gasteiger partial charge in [0.1, 0.15) is 17.2 Å². The number of hydrogen-bond donors (Lipinski definition) is 4. The number of carbonyl (C=O) groups is 1. The summed E-state index contributed by atoms with van der Waals surface area (Å²) in [6, 6.07) is 13.1. The molecule has 5 rings (SSSR count). The lowest BCUT2D eigenvalue weighted by Crippen LogP contribution is -2.43. The van der Waals surface area contributed by atoms with E-state index in [0.717, 1.165) is 42.4 Å². The zero-order valence-corrected chi connectivity index (χ0v) is 18.2. The molecule has 2 aliphatic rings. The SMILES string of the molecule is COc1ccc2[nH]c(O)c(C3=Nc4ccccc4/C3=N\OCC(=O)NC3CCNCC3)c2c1. The third-order valence-electron chi connectivity index (χ3n) is 5.89. The lowest BCUT2D eigenvalue weighted by molar-refractivity contribution is -0.126.